The van der Waals surface area contributed by atoms with Crippen LogP contribution in [0.25, 0.3) is 0 Å². The van der Waals surface area contributed by atoms with Gasteiger partial charge in [0.25, 0.3) is 5.91 Å². The summed E-state index contributed by atoms with van der Waals surface area (Å²) in [4.78, 5) is 25.0. The molecule has 1 aliphatic heterocycles. The zero-order valence-corrected chi connectivity index (χ0v) is 14.1. The molecule has 124 valence electrons. The molecule has 5 heteroatoms. The van der Waals surface area contributed by atoms with Crippen molar-refractivity contribution in [3.8, 4) is 5.75 Å². The average Bonchev–Trinajstić information content (AvgIpc) is 2.83. The Bertz CT molecular complexity index is 651. The molecule has 2 fully saturated rings. The third-order valence-corrected chi connectivity index (χ3v) is 6.06. The Morgan fingerprint density at radius 2 is 1.87 bits per heavy atom. The molecule has 0 aromatic heterocycles. The van der Waals surface area contributed by atoms with Crippen LogP contribution in [0, 0.1) is 10.8 Å². The zero-order valence-electron chi connectivity index (χ0n) is 14.1. The van der Waals surface area contributed by atoms with Gasteiger partial charge in [0.05, 0.1) is 12.5 Å². The van der Waals surface area contributed by atoms with E-state index in [1.54, 1.807) is 7.11 Å². The van der Waals surface area contributed by atoms with Crippen molar-refractivity contribution in [3.05, 3.63) is 29.8 Å². The van der Waals surface area contributed by atoms with Gasteiger partial charge in [-0.1, -0.05) is 26.0 Å². The second-order valence-corrected chi connectivity index (χ2v) is 7.20. The third-order valence-electron chi connectivity index (χ3n) is 6.06. The first kappa shape index (κ1) is 15.8. The molecule has 23 heavy (non-hydrogen) atoms. The minimum atomic E-state index is -1.05. The maximum absolute atomic E-state index is 12.8. The Labute approximate surface area is 136 Å². The van der Waals surface area contributed by atoms with Crippen molar-refractivity contribution in [1.29, 1.82) is 0 Å². The maximum atomic E-state index is 12.8. The number of benzene rings is 1. The summed E-state index contributed by atoms with van der Waals surface area (Å²) in [5.41, 5.74) is -1.17. The number of nitrogens with one attached hydrogen (secondary N) is 1. The Hall–Kier alpha value is -2.04. The second kappa shape index (κ2) is 4.98. The van der Waals surface area contributed by atoms with Crippen molar-refractivity contribution >= 4 is 11.9 Å². The smallest absolute Gasteiger partial charge is 0.313 e. The van der Waals surface area contributed by atoms with Crippen molar-refractivity contribution in [2.45, 2.75) is 45.8 Å². The summed E-state index contributed by atoms with van der Waals surface area (Å²) in [5, 5.41) is 2.93. The van der Waals surface area contributed by atoms with E-state index in [0.717, 1.165) is 11.3 Å². The van der Waals surface area contributed by atoms with E-state index in [4.69, 9.17) is 9.47 Å². The highest BCUT2D eigenvalue weighted by molar-refractivity contribution is 5.96. The highest BCUT2D eigenvalue weighted by atomic mass is 16.6. The molecule has 5 nitrogen and oxygen atoms in total. The van der Waals surface area contributed by atoms with E-state index in [0.29, 0.717) is 19.4 Å². The van der Waals surface area contributed by atoms with Crippen molar-refractivity contribution in [2.24, 2.45) is 10.8 Å². The molecular weight excluding hydrogens is 294 g/mol. The predicted molar refractivity (Wildman–Crippen MR) is 84.8 cm³/mol. The molecule has 1 aromatic carbocycles. The van der Waals surface area contributed by atoms with Crippen LogP contribution in [-0.2, 0) is 20.9 Å². The minimum absolute atomic E-state index is 0.201. The Morgan fingerprint density at radius 1 is 1.22 bits per heavy atom. The van der Waals surface area contributed by atoms with Crippen LogP contribution in [0.2, 0.25) is 0 Å². The second-order valence-electron chi connectivity index (χ2n) is 7.20. The van der Waals surface area contributed by atoms with Gasteiger partial charge in [0.2, 0.25) is 0 Å². The minimum Gasteiger partial charge on any atom is -0.497 e. The number of amides is 1. The molecule has 1 aliphatic carbocycles. The molecule has 0 radical (unpaired) electrons. The van der Waals surface area contributed by atoms with Gasteiger partial charge < -0.3 is 14.8 Å². The first-order valence-corrected chi connectivity index (χ1v) is 7.91. The third kappa shape index (κ3) is 1.98. The molecular formula is C18H23NO4. The predicted octanol–water partition coefficient (Wildman–Crippen LogP) is 2.43. The highest BCUT2D eigenvalue weighted by Crippen LogP contribution is 2.65. The van der Waals surface area contributed by atoms with E-state index in [1.165, 1.54) is 0 Å². The van der Waals surface area contributed by atoms with Crippen molar-refractivity contribution in [1.82, 2.24) is 5.32 Å². The number of carbonyl (C=O) groups is 2. The fourth-order valence-corrected chi connectivity index (χ4v) is 3.82. The van der Waals surface area contributed by atoms with Gasteiger partial charge in [-0.3, -0.25) is 9.59 Å². The molecule has 1 aromatic rings. The molecule has 2 aliphatic rings. The van der Waals surface area contributed by atoms with Crippen LogP contribution in [0.1, 0.15) is 39.2 Å². The largest absolute Gasteiger partial charge is 0.497 e. The number of methoxy groups -OCH3 is 1. The monoisotopic (exact) mass is 317 g/mol. The number of fused-ring (bicyclic) bond motifs is 2. The molecule has 0 spiro atoms. The normalized spacial score (nSPS) is 30.9. The molecule has 1 heterocycles. The molecule has 2 bridgehead atoms. The summed E-state index contributed by atoms with van der Waals surface area (Å²) in [5.74, 6) is 0.317. The average molecular weight is 317 g/mol. The lowest BCUT2D eigenvalue weighted by atomic mass is 9.66. The lowest BCUT2D eigenvalue weighted by Gasteiger charge is -2.35. The molecule has 1 saturated carbocycles. The van der Waals surface area contributed by atoms with E-state index < -0.39 is 16.4 Å². The van der Waals surface area contributed by atoms with Gasteiger partial charge in [-0.25, -0.2) is 0 Å². The van der Waals surface area contributed by atoms with Gasteiger partial charge in [-0.15, -0.1) is 0 Å². The van der Waals surface area contributed by atoms with Gasteiger partial charge in [-0.05, 0) is 37.5 Å². The molecule has 3 rings (SSSR count). The van der Waals surface area contributed by atoms with E-state index in [-0.39, 0.29) is 11.9 Å². The van der Waals surface area contributed by atoms with E-state index in [9.17, 15) is 9.59 Å². The summed E-state index contributed by atoms with van der Waals surface area (Å²) in [6.45, 7) is 6.21. The van der Waals surface area contributed by atoms with E-state index in [1.807, 2.05) is 45.0 Å². The molecule has 2 unspecified atom stereocenters. The van der Waals surface area contributed by atoms with Gasteiger partial charge in [0.15, 0.2) is 5.60 Å². The van der Waals surface area contributed by atoms with Crippen molar-refractivity contribution in [2.75, 3.05) is 7.11 Å². The van der Waals surface area contributed by atoms with E-state index >= 15 is 0 Å². The topological polar surface area (TPSA) is 64.6 Å². The summed E-state index contributed by atoms with van der Waals surface area (Å²) < 4.78 is 10.7. The molecule has 1 saturated heterocycles. The number of carbonyl (C=O) groups excluding carboxylic acids is 2. The number of hydrogen-bond acceptors (Lipinski definition) is 4. The summed E-state index contributed by atoms with van der Waals surface area (Å²) in [6, 6.07) is 7.51. The Morgan fingerprint density at radius 3 is 2.35 bits per heavy atom. The summed E-state index contributed by atoms with van der Waals surface area (Å²) >= 11 is 0. The standard InChI is InChI=1S/C18H23NO4/c1-16(2)17(3)9-10-18(16,23-15(17)21)14(20)19-11-12-5-7-13(22-4)8-6-12/h5-8H,9-11H2,1-4H3,(H,19,20). The Balaban J connectivity index is 1.74. The van der Waals surface area contributed by atoms with Crippen molar-refractivity contribution in [3.63, 3.8) is 0 Å². The molecule has 1 amide bonds. The number of hydrogen-bond donors (Lipinski definition) is 1. The fraction of sp³-hybridized carbons (Fsp3) is 0.556. The highest BCUT2D eigenvalue weighted by Gasteiger charge is 2.75. The SMILES string of the molecule is COc1ccc(CNC(=O)C23CCC(C)(C(=O)O2)C3(C)C)cc1. The summed E-state index contributed by atoms with van der Waals surface area (Å²) in [6.07, 6.45) is 1.27. The van der Waals surface area contributed by atoms with Gasteiger partial charge in [-0.2, -0.15) is 0 Å². The van der Waals surface area contributed by atoms with Crippen LogP contribution in [0.3, 0.4) is 0 Å². The lowest BCUT2D eigenvalue weighted by molar-refractivity contribution is -0.168. The van der Waals surface area contributed by atoms with Crippen molar-refractivity contribution < 1.29 is 19.1 Å². The molecule has 2 atom stereocenters. The Kier molecular flexibility index (Phi) is 3.43. The van der Waals surface area contributed by atoms with Gasteiger partial charge in [0.1, 0.15) is 5.75 Å². The number of ether oxygens (including phenoxy) is 2. The quantitative estimate of drug-likeness (QED) is 0.866. The van der Waals surface area contributed by atoms with Crippen LogP contribution in [0.15, 0.2) is 24.3 Å². The van der Waals surface area contributed by atoms with Crippen LogP contribution in [0.4, 0.5) is 0 Å². The first-order valence-electron chi connectivity index (χ1n) is 7.91. The maximum Gasteiger partial charge on any atom is 0.313 e. The van der Waals surface area contributed by atoms with E-state index in [2.05, 4.69) is 5.32 Å². The number of rotatable bonds is 4. The summed E-state index contributed by atoms with van der Waals surface area (Å²) in [7, 11) is 1.61. The van der Waals surface area contributed by atoms with Gasteiger partial charge >= 0.3 is 5.97 Å². The molecule has 1 N–H and O–H groups in total. The van der Waals surface area contributed by atoms with Crippen LogP contribution in [-0.4, -0.2) is 24.6 Å². The van der Waals surface area contributed by atoms with Crippen LogP contribution >= 0.6 is 0 Å². The zero-order chi connectivity index (χ0) is 16.9. The first-order chi connectivity index (χ1) is 10.8. The lowest BCUT2D eigenvalue weighted by Crippen LogP contribution is -2.53. The fourth-order valence-electron chi connectivity index (χ4n) is 3.82. The van der Waals surface area contributed by atoms with Gasteiger partial charge in [0, 0.05) is 12.0 Å². The van der Waals surface area contributed by atoms with Crippen LogP contribution in [0.5, 0.6) is 5.75 Å². The number of esters is 1. The van der Waals surface area contributed by atoms with Crippen LogP contribution < -0.4 is 10.1 Å².